The van der Waals surface area contributed by atoms with Crippen LogP contribution in [0.25, 0.3) is 4.96 Å². The van der Waals surface area contributed by atoms with Gasteiger partial charge in [0.05, 0.1) is 10.9 Å². The summed E-state index contributed by atoms with van der Waals surface area (Å²) in [7, 11) is 0. The third kappa shape index (κ3) is 2.29. The standard InChI is InChI=1S/C12H7Cl2FN2OS/c13-6-10-11(16-12-17(10)3-4-19-12)18-7-1-2-8(14)9(15)5-7/h1-5H,6H2. The zero-order valence-electron chi connectivity index (χ0n) is 9.44. The van der Waals surface area contributed by atoms with Gasteiger partial charge in [-0.05, 0) is 12.1 Å². The van der Waals surface area contributed by atoms with Crippen LogP contribution in [0.3, 0.4) is 0 Å². The number of benzene rings is 1. The fourth-order valence-electron chi connectivity index (χ4n) is 1.67. The molecule has 0 saturated carbocycles. The molecule has 3 aromatic rings. The maximum atomic E-state index is 13.3. The van der Waals surface area contributed by atoms with Crippen LogP contribution in [-0.2, 0) is 5.88 Å². The highest BCUT2D eigenvalue weighted by atomic mass is 35.5. The molecule has 0 aliphatic rings. The fourth-order valence-corrected chi connectivity index (χ4v) is 2.75. The van der Waals surface area contributed by atoms with Crippen molar-refractivity contribution in [2.24, 2.45) is 0 Å². The van der Waals surface area contributed by atoms with E-state index in [0.717, 1.165) is 10.7 Å². The van der Waals surface area contributed by atoms with Crippen LogP contribution in [0.1, 0.15) is 5.69 Å². The number of thiazole rings is 1. The van der Waals surface area contributed by atoms with Crippen LogP contribution < -0.4 is 4.74 Å². The number of hydrogen-bond acceptors (Lipinski definition) is 3. The van der Waals surface area contributed by atoms with Crippen molar-refractivity contribution in [1.29, 1.82) is 0 Å². The summed E-state index contributed by atoms with van der Waals surface area (Å²) in [5, 5.41) is 1.96. The lowest BCUT2D eigenvalue weighted by molar-refractivity contribution is 0.457. The van der Waals surface area contributed by atoms with Gasteiger partial charge in [-0.25, -0.2) is 4.39 Å². The average Bonchev–Trinajstić information content (AvgIpc) is 2.94. The molecule has 0 amide bonds. The van der Waals surface area contributed by atoms with Crippen molar-refractivity contribution in [3.8, 4) is 11.6 Å². The van der Waals surface area contributed by atoms with E-state index in [2.05, 4.69) is 4.98 Å². The van der Waals surface area contributed by atoms with E-state index in [1.165, 1.54) is 23.5 Å². The van der Waals surface area contributed by atoms with Gasteiger partial charge in [-0.1, -0.05) is 11.6 Å². The summed E-state index contributed by atoms with van der Waals surface area (Å²) in [6, 6.07) is 4.23. The first-order valence-electron chi connectivity index (χ1n) is 5.32. The number of imidazole rings is 1. The van der Waals surface area contributed by atoms with Gasteiger partial charge in [-0.2, -0.15) is 4.98 Å². The van der Waals surface area contributed by atoms with Crippen molar-refractivity contribution in [2.45, 2.75) is 5.88 Å². The van der Waals surface area contributed by atoms with E-state index in [9.17, 15) is 4.39 Å². The Kier molecular flexibility index (Phi) is 3.35. The molecule has 2 heterocycles. The van der Waals surface area contributed by atoms with E-state index in [-0.39, 0.29) is 10.9 Å². The SMILES string of the molecule is Fc1cc(Oc2nc3sccn3c2CCl)ccc1Cl. The first-order valence-corrected chi connectivity index (χ1v) is 7.11. The minimum atomic E-state index is -0.535. The Bertz CT molecular complexity index is 740. The zero-order chi connectivity index (χ0) is 13.4. The van der Waals surface area contributed by atoms with Gasteiger partial charge in [-0.15, -0.1) is 22.9 Å². The van der Waals surface area contributed by atoms with Gasteiger partial charge >= 0.3 is 0 Å². The maximum Gasteiger partial charge on any atom is 0.243 e. The van der Waals surface area contributed by atoms with E-state index in [4.69, 9.17) is 27.9 Å². The fraction of sp³-hybridized carbons (Fsp3) is 0.0833. The second kappa shape index (κ2) is 5.00. The molecule has 2 aromatic heterocycles. The highest BCUT2D eigenvalue weighted by Gasteiger charge is 2.14. The van der Waals surface area contributed by atoms with Crippen molar-refractivity contribution < 1.29 is 9.13 Å². The van der Waals surface area contributed by atoms with Crippen LogP contribution in [0.5, 0.6) is 11.6 Å². The van der Waals surface area contributed by atoms with Gasteiger partial charge in [0.1, 0.15) is 17.3 Å². The summed E-state index contributed by atoms with van der Waals surface area (Å²) in [5.74, 6) is 0.429. The van der Waals surface area contributed by atoms with Gasteiger partial charge in [0.25, 0.3) is 0 Å². The van der Waals surface area contributed by atoms with Gasteiger partial charge < -0.3 is 4.74 Å². The van der Waals surface area contributed by atoms with Gasteiger partial charge in [0.2, 0.25) is 5.88 Å². The molecular weight excluding hydrogens is 310 g/mol. The third-order valence-corrected chi connectivity index (χ3v) is 3.87. The van der Waals surface area contributed by atoms with Crippen molar-refractivity contribution in [1.82, 2.24) is 9.38 Å². The van der Waals surface area contributed by atoms with Crippen molar-refractivity contribution in [2.75, 3.05) is 0 Å². The van der Waals surface area contributed by atoms with Crippen LogP contribution in [0.4, 0.5) is 4.39 Å². The number of nitrogens with zero attached hydrogens (tertiary/aromatic N) is 2. The quantitative estimate of drug-likeness (QED) is 0.654. The smallest absolute Gasteiger partial charge is 0.243 e. The van der Waals surface area contributed by atoms with Crippen molar-refractivity contribution >= 4 is 39.5 Å². The number of alkyl halides is 1. The lowest BCUT2D eigenvalue weighted by Gasteiger charge is -2.04. The van der Waals surface area contributed by atoms with Crippen LogP contribution in [0.15, 0.2) is 29.8 Å². The number of halogens is 3. The molecule has 98 valence electrons. The number of fused-ring (bicyclic) bond motifs is 1. The molecule has 3 nitrogen and oxygen atoms in total. The molecule has 0 saturated heterocycles. The zero-order valence-corrected chi connectivity index (χ0v) is 11.8. The maximum absolute atomic E-state index is 13.3. The minimum absolute atomic E-state index is 0.0516. The predicted molar refractivity (Wildman–Crippen MR) is 74.1 cm³/mol. The van der Waals surface area contributed by atoms with E-state index >= 15 is 0 Å². The summed E-state index contributed by atoms with van der Waals surface area (Å²) in [6.45, 7) is 0. The lowest BCUT2D eigenvalue weighted by Crippen LogP contribution is -1.91. The minimum Gasteiger partial charge on any atom is -0.437 e. The Morgan fingerprint density at radius 1 is 1.42 bits per heavy atom. The Morgan fingerprint density at radius 2 is 2.26 bits per heavy atom. The molecule has 0 aliphatic heterocycles. The predicted octanol–water partition coefficient (Wildman–Crippen LogP) is 4.72. The molecule has 0 atom stereocenters. The molecule has 0 N–H and O–H groups in total. The average molecular weight is 317 g/mol. The molecule has 3 rings (SSSR count). The Balaban J connectivity index is 2.00. The van der Waals surface area contributed by atoms with E-state index in [0.29, 0.717) is 11.6 Å². The summed E-state index contributed by atoms with van der Waals surface area (Å²) >= 11 is 13.0. The van der Waals surface area contributed by atoms with E-state index in [1.807, 2.05) is 16.0 Å². The normalized spacial score (nSPS) is 11.1. The summed E-state index contributed by atoms with van der Waals surface area (Å²) in [5.41, 5.74) is 0.730. The summed E-state index contributed by atoms with van der Waals surface area (Å²) < 4.78 is 20.8. The first kappa shape index (κ1) is 12.7. The molecule has 19 heavy (non-hydrogen) atoms. The molecule has 0 fully saturated rings. The van der Waals surface area contributed by atoms with Gasteiger partial charge in [-0.3, -0.25) is 4.40 Å². The number of aromatic nitrogens is 2. The largest absolute Gasteiger partial charge is 0.437 e. The van der Waals surface area contributed by atoms with Crippen molar-refractivity contribution in [3.05, 3.63) is 46.3 Å². The van der Waals surface area contributed by atoms with E-state index < -0.39 is 5.82 Å². The molecule has 0 spiro atoms. The highest BCUT2D eigenvalue weighted by Crippen LogP contribution is 2.30. The molecule has 0 radical (unpaired) electrons. The van der Waals surface area contributed by atoms with Crippen LogP contribution in [0, 0.1) is 5.82 Å². The summed E-state index contributed by atoms with van der Waals surface area (Å²) in [6.07, 6.45) is 1.86. The summed E-state index contributed by atoms with van der Waals surface area (Å²) in [4.78, 5) is 5.09. The van der Waals surface area contributed by atoms with Gasteiger partial charge in [0.15, 0.2) is 4.96 Å². The second-order valence-corrected chi connectivity index (χ2v) is 5.28. The molecular formula is C12H7Cl2FN2OS. The second-order valence-electron chi connectivity index (χ2n) is 3.73. The lowest BCUT2D eigenvalue weighted by atomic mass is 10.3. The molecule has 0 bridgehead atoms. The highest BCUT2D eigenvalue weighted by molar-refractivity contribution is 7.15. The van der Waals surface area contributed by atoms with Crippen LogP contribution >= 0.6 is 34.5 Å². The number of hydrogen-bond donors (Lipinski definition) is 0. The number of rotatable bonds is 3. The Morgan fingerprint density at radius 3 is 3.00 bits per heavy atom. The molecule has 0 unspecified atom stereocenters. The molecule has 1 aromatic carbocycles. The first-order chi connectivity index (χ1) is 9.19. The van der Waals surface area contributed by atoms with Crippen LogP contribution in [0.2, 0.25) is 5.02 Å². The number of ether oxygens (including phenoxy) is 1. The van der Waals surface area contributed by atoms with Gasteiger partial charge in [0, 0.05) is 17.6 Å². The van der Waals surface area contributed by atoms with Crippen LogP contribution in [-0.4, -0.2) is 9.38 Å². The Labute approximate surface area is 122 Å². The molecule has 7 heteroatoms. The molecule has 0 aliphatic carbocycles. The Hall–Kier alpha value is -1.30. The van der Waals surface area contributed by atoms with E-state index in [1.54, 1.807) is 6.07 Å². The monoisotopic (exact) mass is 316 g/mol. The third-order valence-electron chi connectivity index (χ3n) is 2.56. The topological polar surface area (TPSA) is 26.5 Å². The van der Waals surface area contributed by atoms with Crippen molar-refractivity contribution in [3.63, 3.8) is 0 Å².